The molecular weight excluding hydrogens is 713 g/mol. The average molecular weight is 797 g/mol. The number of likely N-dealkylation sites (N-methyl/N-ethyl adjacent to an activating group) is 1. The highest BCUT2D eigenvalue weighted by molar-refractivity contribution is 7.47. The molecule has 0 saturated carbocycles. The highest BCUT2D eigenvalue weighted by Crippen LogP contribution is 2.43. The minimum absolute atomic E-state index is 0.0260. The molecule has 55 heavy (non-hydrogen) atoms. The van der Waals surface area contributed by atoms with E-state index in [1.807, 2.05) is 21.1 Å². The molecule has 2 atom stereocenters. The molecule has 9 nitrogen and oxygen atoms in total. The van der Waals surface area contributed by atoms with E-state index in [2.05, 4.69) is 62.5 Å². The van der Waals surface area contributed by atoms with E-state index in [1.54, 1.807) is 0 Å². The van der Waals surface area contributed by atoms with Crippen molar-refractivity contribution >= 4 is 19.8 Å². The van der Waals surface area contributed by atoms with Gasteiger partial charge in [0.1, 0.15) is 19.8 Å². The second-order valence-electron chi connectivity index (χ2n) is 15.7. The third kappa shape index (κ3) is 41.4. The lowest BCUT2D eigenvalue weighted by molar-refractivity contribution is -0.870. The summed E-state index contributed by atoms with van der Waals surface area (Å²) in [6.45, 7) is 4.32. The van der Waals surface area contributed by atoms with Gasteiger partial charge < -0.3 is 18.9 Å². The first-order chi connectivity index (χ1) is 26.5. The maximum Gasteiger partial charge on any atom is 0.472 e. The number of ether oxygens (including phenoxy) is 2. The maximum atomic E-state index is 12.7. The first kappa shape index (κ1) is 53.0. The summed E-state index contributed by atoms with van der Waals surface area (Å²) in [5.74, 6) is -0.826. The van der Waals surface area contributed by atoms with Gasteiger partial charge in [-0.1, -0.05) is 140 Å². The molecule has 0 rings (SSSR count). The minimum atomic E-state index is -4.38. The summed E-state index contributed by atoms with van der Waals surface area (Å²) in [5.41, 5.74) is 0. The smallest absolute Gasteiger partial charge is 0.462 e. The summed E-state index contributed by atoms with van der Waals surface area (Å²) in [6.07, 6.45) is 42.9. The van der Waals surface area contributed by atoms with Crippen molar-refractivity contribution in [3.63, 3.8) is 0 Å². The Kier molecular flexibility index (Phi) is 36.2. The van der Waals surface area contributed by atoms with E-state index in [0.29, 0.717) is 17.4 Å². The van der Waals surface area contributed by atoms with Crippen molar-refractivity contribution in [1.82, 2.24) is 0 Å². The molecule has 0 bridgehead atoms. The van der Waals surface area contributed by atoms with Gasteiger partial charge in [-0.25, -0.2) is 4.57 Å². The third-order valence-corrected chi connectivity index (χ3v) is 10.1. The third-order valence-electron chi connectivity index (χ3n) is 9.08. The SMILES string of the molecule is CCCC/C=C\C/C=C\CCCCCCCC(=O)O[C@H](COC(=O)CCCCCCCCC/C=C\C/C=C\CCCCC)COP(=O)(O)OCC[N+](C)(C)C. The van der Waals surface area contributed by atoms with E-state index in [-0.39, 0.29) is 32.0 Å². The zero-order chi connectivity index (χ0) is 40.7. The zero-order valence-electron chi connectivity index (χ0n) is 35.9. The second kappa shape index (κ2) is 37.5. The van der Waals surface area contributed by atoms with Crippen LogP contribution in [0.15, 0.2) is 48.6 Å². The Hall–Kier alpha value is -2.03. The van der Waals surface area contributed by atoms with Crippen LogP contribution in [0.5, 0.6) is 0 Å². The maximum absolute atomic E-state index is 12.7. The first-order valence-corrected chi connectivity index (χ1v) is 23.4. The van der Waals surface area contributed by atoms with Gasteiger partial charge in [-0.2, -0.15) is 0 Å². The van der Waals surface area contributed by atoms with Crippen LogP contribution in [0, 0.1) is 0 Å². The van der Waals surface area contributed by atoms with Crippen LogP contribution in [-0.2, 0) is 32.7 Å². The molecule has 0 aliphatic carbocycles. The number of quaternary nitrogens is 1. The Labute approximate surface area is 337 Å². The second-order valence-corrected chi connectivity index (χ2v) is 17.2. The van der Waals surface area contributed by atoms with Crippen LogP contribution in [0.25, 0.3) is 0 Å². The highest BCUT2D eigenvalue weighted by Gasteiger charge is 2.27. The van der Waals surface area contributed by atoms with Crippen LogP contribution in [0.3, 0.4) is 0 Å². The van der Waals surface area contributed by atoms with Gasteiger partial charge in [-0.3, -0.25) is 18.6 Å². The number of nitrogens with zero attached hydrogens (tertiary/aromatic N) is 1. The van der Waals surface area contributed by atoms with Crippen LogP contribution >= 0.6 is 7.82 Å². The van der Waals surface area contributed by atoms with E-state index >= 15 is 0 Å². The Morgan fingerprint density at radius 3 is 1.49 bits per heavy atom. The Bertz CT molecular complexity index is 1080. The fourth-order valence-electron chi connectivity index (χ4n) is 5.59. The van der Waals surface area contributed by atoms with Crippen LogP contribution in [-0.4, -0.2) is 74.9 Å². The summed E-state index contributed by atoms with van der Waals surface area (Å²) in [7, 11) is 1.46. The van der Waals surface area contributed by atoms with Crippen molar-refractivity contribution in [2.75, 3.05) is 47.5 Å². The van der Waals surface area contributed by atoms with Gasteiger partial charge in [0.15, 0.2) is 6.10 Å². The topological polar surface area (TPSA) is 108 Å². The Morgan fingerprint density at radius 1 is 0.564 bits per heavy atom. The predicted molar refractivity (Wildman–Crippen MR) is 229 cm³/mol. The summed E-state index contributed by atoms with van der Waals surface area (Å²) in [4.78, 5) is 35.3. The molecule has 320 valence electrons. The minimum Gasteiger partial charge on any atom is -0.462 e. The number of carbonyl (C=O) groups excluding carboxylic acids is 2. The number of phosphoric ester groups is 1. The standard InChI is InChI=1S/C45H82NO8P/c1-6-8-10-12-14-16-18-20-22-23-24-26-27-29-31-33-35-37-44(47)51-41-43(42-53-55(49,50)52-40-39-46(3,4)5)54-45(48)38-36-34-32-30-28-25-21-19-17-15-13-11-9-7-2/h13-16,19-22,43H,6-12,17-18,23-42H2,1-5H3/p+1/b15-13-,16-14-,21-19-,22-20-/t43-/m1/s1. The average Bonchev–Trinajstić information content (AvgIpc) is 3.13. The Balaban J connectivity index is 4.39. The lowest BCUT2D eigenvalue weighted by Crippen LogP contribution is -2.37. The van der Waals surface area contributed by atoms with Gasteiger partial charge in [-0.05, 0) is 70.6 Å². The number of rotatable bonds is 39. The molecule has 0 aliphatic heterocycles. The predicted octanol–water partition coefficient (Wildman–Crippen LogP) is 12.3. The van der Waals surface area contributed by atoms with E-state index in [1.165, 1.54) is 57.8 Å². The fraction of sp³-hybridized carbons (Fsp3) is 0.778. The van der Waals surface area contributed by atoms with Gasteiger partial charge in [0.2, 0.25) is 0 Å². The van der Waals surface area contributed by atoms with Crippen molar-refractivity contribution < 1.29 is 42.1 Å². The molecule has 0 aromatic carbocycles. The van der Waals surface area contributed by atoms with Gasteiger partial charge >= 0.3 is 19.8 Å². The molecule has 0 radical (unpaired) electrons. The number of hydrogen-bond acceptors (Lipinski definition) is 7. The number of allylic oxidation sites excluding steroid dienone is 8. The molecule has 0 heterocycles. The van der Waals surface area contributed by atoms with Crippen molar-refractivity contribution in [3.8, 4) is 0 Å². The number of esters is 2. The fourth-order valence-corrected chi connectivity index (χ4v) is 6.33. The lowest BCUT2D eigenvalue weighted by Gasteiger charge is -2.24. The van der Waals surface area contributed by atoms with E-state index in [4.69, 9.17) is 18.5 Å². The summed E-state index contributed by atoms with van der Waals surface area (Å²) < 4.78 is 34.3. The first-order valence-electron chi connectivity index (χ1n) is 21.9. The van der Waals surface area contributed by atoms with Crippen LogP contribution < -0.4 is 0 Å². The summed E-state index contributed by atoms with van der Waals surface area (Å²) in [5, 5.41) is 0. The van der Waals surface area contributed by atoms with Crippen LogP contribution in [0.1, 0.15) is 174 Å². The monoisotopic (exact) mass is 797 g/mol. The van der Waals surface area contributed by atoms with Crippen molar-refractivity contribution in [1.29, 1.82) is 0 Å². The number of carbonyl (C=O) groups is 2. The molecule has 0 amide bonds. The van der Waals surface area contributed by atoms with E-state index in [9.17, 15) is 19.0 Å². The molecule has 0 aliphatic rings. The van der Waals surface area contributed by atoms with Crippen LogP contribution in [0.2, 0.25) is 0 Å². The van der Waals surface area contributed by atoms with Gasteiger partial charge in [0, 0.05) is 12.8 Å². The number of phosphoric acid groups is 1. The lowest BCUT2D eigenvalue weighted by atomic mass is 10.1. The highest BCUT2D eigenvalue weighted by atomic mass is 31.2. The molecule has 0 aromatic heterocycles. The van der Waals surface area contributed by atoms with Crippen LogP contribution in [0.4, 0.5) is 0 Å². The molecule has 0 aromatic rings. The molecule has 0 saturated heterocycles. The van der Waals surface area contributed by atoms with E-state index < -0.39 is 26.5 Å². The van der Waals surface area contributed by atoms with Gasteiger partial charge in [0.05, 0.1) is 27.7 Å². The molecular formula is C45H83NO8P+. The normalized spacial score (nSPS) is 14.1. The zero-order valence-corrected chi connectivity index (χ0v) is 36.8. The molecule has 1 unspecified atom stereocenters. The number of hydrogen-bond donors (Lipinski definition) is 1. The summed E-state index contributed by atoms with van der Waals surface area (Å²) in [6, 6.07) is 0. The molecule has 0 spiro atoms. The van der Waals surface area contributed by atoms with Gasteiger partial charge in [-0.15, -0.1) is 0 Å². The summed E-state index contributed by atoms with van der Waals surface area (Å²) >= 11 is 0. The molecule has 10 heteroatoms. The Morgan fingerprint density at radius 2 is 1.00 bits per heavy atom. The quantitative estimate of drug-likeness (QED) is 0.0215. The molecule has 1 N–H and O–H groups in total. The molecule has 0 fully saturated rings. The van der Waals surface area contributed by atoms with Gasteiger partial charge in [0.25, 0.3) is 0 Å². The largest absolute Gasteiger partial charge is 0.472 e. The van der Waals surface area contributed by atoms with E-state index in [0.717, 1.165) is 83.5 Å². The number of unbranched alkanes of at least 4 members (excludes halogenated alkanes) is 17. The van der Waals surface area contributed by atoms with Crippen molar-refractivity contribution in [3.05, 3.63) is 48.6 Å². The van der Waals surface area contributed by atoms with Crippen molar-refractivity contribution in [2.45, 2.75) is 180 Å². The van der Waals surface area contributed by atoms with Crippen molar-refractivity contribution in [2.24, 2.45) is 0 Å².